The first-order chi connectivity index (χ1) is 24.8. The fraction of sp³-hybridized carbons (Fsp3) is 0.200. The Bertz CT molecular complexity index is 2580. The molecule has 51 heavy (non-hydrogen) atoms. The summed E-state index contributed by atoms with van der Waals surface area (Å²) in [5.74, 6) is 0. The van der Waals surface area contributed by atoms with Crippen molar-refractivity contribution < 1.29 is 0 Å². The molecular formula is C50H45N. The molecule has 2 aliphatic carbocycles. The number of nitrogens with zero attached hydrogens (tertiary/aromatic N) is 1. The van der Waals surface area contributed by atoms with Crippen molar-refractivity contribution in [1.29, 1.82) is 0 Å². The van der Waals surface area contributed by atoms with Gasteiger partial charge >= 0.3 is 0 Å². The van der Waals surface area contributed by atoms with E-state index in [0.29, 0.717) is 0 Å². The van der Waals surface area contributed by atoms with Crippen LogP contribution in [0.25, 0.3) is 60.9 Å². The monoisotopic (exact) mass is 659 g/mol. The molecule has 0 radical (unpaired) electrons. The molecule has 0 fully saturated rings. The van der Waals surface area contributed by atoms with Crippen molar-refractivity contribution in [2.75, 3.05) is 0 Å². The number of fused-ring (bicyclic) bond motifs is 6. The van der Waals surface area contributed by atoms with Gasteiger partial charge in [-0.15, -0.1) is 0 Å². The van der Waals surface area contributed by atoms with Gasteiger partial charge in [0.15, 0.2) is 0 Å². The van der Waals surface area contributed by atoms with Gasteiger partial charge in [-0.2, -0.15) is 0 Å². The Morgan fingerprint density at radius 3 is 2.20 bits per heavy atom. The van der Waals surface area contributed by atoms with Gasteiger partial charge in [0.1, 0.15) is 0 Å². The summed E-state index contributed by atoms with van der Waals surface area (Å²) in [6.07, 6.45) is 8.99. The summed E-state index contributed by atoms with van der Waals surface area (Å²) >= 11 is 0. The fourth-order valence-electron chi connectivity index (χ4n) is 8.94. The molecule has 0 atom stereocenters. The lowest BCUT2D eigenvalue weighted by molar-refractivity contribution is 0.658. The van der Waals surface area contributed by atoms with Gasteiger partial charge < -0.3 is 4.57 Å². The van der Waals surface area contributed by atoms with Crippen LogP contribution in [0, 0.1) is 6.92 Å². The summed E-state index contributed by atoms with van der Waals surface area (Å²) < 4.78 is 2.49. The average molecular weight is 660 g/mol. The maximum absolute atomic E-state index is 2.50. The molecular weight excluding hydrogens is 615 g/mol. The molecule has 0 amide bonds. The molecule has 250 valence electrons. The minimum atomic E-state index is -0.0937. The highest BCUT2D eigenvalue weighted by Crippen LogP contribution is 2.50. The number of hydrogen-bond donors (Lipinski definition) is 0. The van der Waals surface area contributed by atoms with Crippen molar-refractivity contribution >= 4 is 21.8 Å². The third kappa shape index (κ3) is 5.13. The van der Waals surface area contributed by atoms with E-state index >= 15 is 0 Å². The number of rotatable bonds is 6. The lowest BCUT2D eigenvalue weighted by atomic mass is 9.81. The summed E-state index contributed by atoms with van der Waals surface area (Å²) in [5, 5.41) is 2.57. The number of benzene rings is 6. The van der Waals surface area contributed by atoms with E-state index < -0.39 is 0 Å². The molecule has 2 aliphatic rings. The van der Waals surface area contributed by atoms with Crippen LogP contribution in [-0.4, -0.2) is 4.57 Å². The predicted molar refractivity (Wildman–Crippen MR) is 218 cm³/mol. The molecule has 1 nitrogen and oxygen atoms in total. The van der Waals surface area contributed by atoms with E-state index in [1.165, 1.54) is 101 Å². The zero-order valence-electron chi connectivity index (χ0n) is 30.5. The lowest BCUT2D eigenvalue weighted by Gasteiger charge is -2.23. The molecule has 7 aromatic rings. The Kier molecular flexibility index (Phi) is 7.51. The highest BCUT2D eigenvalue weighted by molar-refractivity contribution is 6.10. The van der Waals surface area contributed by atoms with Crippen molar-refractivity contribution in [3.8, 4) is 39.1 Å². The van der Waals surface area contributed by atoms with Gasteiger partial charge in [0.05, 0.1) is 11.0 Å². The molecule has 0 unspecified atom stereocenters. The van der Waals surface area contributed by atoms with Crippen molar-refractivity contribution in [1.82, 2.24) is 4.57 Å². The number of hydrogen-bond acceptors (Lipinski definition) is 0. The topological polar surface area (TPSA) is 4.93 Å². The number of allylic oxidation sites excluding steroid dienone is 4. The van der Waals surface area contributed by atoms with E-state index in [1.807, 2.05) is 0 Å². The average Bonchev–Trinajstić information content (AvgIpc) is 3.60. The molecule has 0 N–H and O–H groups in total. The van der Waals surface area contributed by atoms with Gasteiger partial charge in [-0.3, -0.25) is 0 Å². The second kappa shape index (κ2) is 12.1. The first kappa shape index (κ1) is 31.6. The second-order valence-electron chi connectivity index (χ2n) is 15.3. The Hall–Kier alpha value is -5.40. The Balaban J connectivity index is 1.16. The van der Waals surface area contributed by atoms with Crippen molar-refractivity contribution in [3.63, 3.8) is 0 Å². The van der Waals surface area contributed by atoms with Gasteiger partial charge in [-0.25, -0.2) is 0 Å². The molecule has 0 saturated heterocycles. The molecule has 6 aromatic carbocycles. The molecule has 1 aromatic heterocycles. The van der Waals surface area contributed by atoms with Gasteiger partial charge in [0.25, 0.3) is 0 Å². The Morgan fingerprint density at radius 1 is 0.627 bits per heavy atom. The van der Waals surface area contributed by atoms with Crippen LogP contribution in [0.4, 0.5) is 0 Å². The first-order valence-electron chi connectivity index (χ1n) is 18.7. The second-order valence-corrected chi connectivity index (χ2v) is 15.3. The summed E-state index contributed by atoms with van der Waals surface area (Å²) in [6.45, 7) is 11.6. The van der Waals surface area contributed by atoms with Crippen LogP contribution in [0.1, 0.15) is 68.4 Å². The smallest absolute Gasteiger partial charge is 0.0547 e. The summed E-state index contributed by atoms with van der Waals surface area (Å²) in [4.78, 5) is 0. The maximum Gasteiger partial charge on any atom is 0.0547 e. The van der Waals surface area contributed by atoms with Crippen LogP contribution in [0.15, 0.2) is 145 Å². The van der Waals surface area contributed by atoms with E-state index in [2.05, 4.69) is 173 Å². The zero-order valence-corrected chi connectivity index (χ0v) is 30.5. The van der Waals surface area contributed by atoms with Crippen LogP contribution in [-0.2, 0) is 18.3 Å². The van der Waals surface area contributed by atoms with Gasteiger partial charge in [-0.1, -0.05) is 135 Å². The molecule has 1 heterocycles. The minimum absolute atomic E-state index is 0.0937. The highest BCUT2D eigenvalue weighted by Gasteiger charge is 2.36. The third-order valence-corrected chi connectivity index (χ3v) is 11.9. The minimum Gasteiger partial charge on any atom is -0.309 e. The normalized spacial score (nSPS) is 14.8. The van der Waals surface area contributed by atoms with Gasteiger partial charge in [-0.05, 0) is 131 Å². The Morgan fingerprint density at radius 2 is 1.35 bits per heavy atom. The van der Waals surface area contributed by atoms with Gasteiger partial charge in [0, 0.05) is 21.9 Å². The highest BCUT2D eigenvalue weighted by atomic mass is 15.0. The quantitative estimate of drug-likeness (QED) is 0.167. The van der Waals surface area contributed by atoms with E-state index in [1.54, 1.807) is 5.57 Å². The van der Waals surface area contributed by atoms with E-state index in [-0.39, 0.29) is 5.41 Å². The van der Waals surface area contributed by atoms with Crippen LogP contribution < -0.4 is 0 Å². The summed E-state index contributed by atoms with van der Waals surface area (Å²) in [5.41, 5.74) is 21.5. The Labute approximate surface area is 302 Å². The zero-order chi connectivity index (χ0) is 34.9. The van der Waals surface area contributed by atoms with Crippen LogP contribution in [0.3, 0.4) is 0 Å². The van der Waals surface area contributed by atoms with E-state index in [9.17, 15) is 0 Å². The predicted octanol–water partition coefficient (Wildman–Crippen LogP) is 13.5. The summed E-state index contributed by atoms with van der Waals surface area (Å²) in [7, 11) is 0. The number of aromatic nitrogens is 1. The van der Waals surface area contributed by atoms with E-state index in [4.69, 9.17) is 0 Å². The van der Waals surface area contributed by atoms with E-state index in [0.717, 1.165) is 19.3 Å². The molecule has 0 saturated carbocycles. The van der Waals surface area contributed by atoms with Gasteiger partial charge in [0.2, 0.25) is 0 Å². The fourth-order valence-corrected chi connectivity index (χ4v) is 8.94. The molecule has 9 rings (SSSR count). The SMILES string of the molecule is CCc1ccccc1-c1cc(-c2ccc3c4ccccc4n(-c4ccc5c(c4)C(C)(C)c4cc(CC6=C(C)C=CCC6)ccc4-5)c3c2)ccc1C. The molecule has 0 aliphatic heterocycles. The lowest BCUT2D eigenvalue weighted by Crippen LogP contribution is -2.16. The van der Waals surface area contributed by atoms with Crippen molar-refractivity contribution in [2.24, 2.45) is 0 Å². The van der Waals surface area contributed by atoms with Crippen LogP contribution in [0.5, 0.6) is 0 Å². The number of para-hydroxylation sites is 1. The third-order valence-electron chi connectivity index (χ3n) is 11.9. The first-order valence-corrected chi connectivity index (χ1v) is 18.7. The number of aryl methyl sites for hydroxylation is 2. The standard InChI is InChI=1S/C50H45N/c1-6-35-14-9-10-16-40(35)45-29-37(21-19-33(45)3)38-22-25-44-43-17-11-12-18-48(43)51(49(44)30-38)39-23-26-42-41-24-20-34(27-36-15-8-7-13-32(36)2)28-46(41)50(4,5)47(42)31-39/h7,9-14,16-26,28-31H,6,8,15,27H2,1-5H3. The van der Waals surface area contributed by atoms with Crippen molar-refractivity contribution in [3.05, 3.63) is 172 Å². The molecule has 0 spiro atoms. The van der Waals surface area contributed by atoms with Crippen LogP contribution in [0.2, 0.25) is 0 Å². The van der Waals surface area contributed by atoms with Crippen LogP contribution >= 0.6 is 0 Å². The van der Waals surface area contributed by atoms with Crippen molar-refractivity contribution in [2.45, 2.75) is 65.7 Å². The molecule has 1 heteroatoms. The summed E-state index contributed by atoms with van der Waals surface area (Å²) in [6, 6.07) is 46.2. The largest absolute Gasteiger partial charge is 0.309 e. The maximum atomic E-state index is 2.50. The molecule has 0 bridgehead atoms.